The SMILES string of the molecule is CCNC(CCc1cccs1)c1cc2ccccc2s1. The number of nitrogens with one attached hydrogen (secondary N) is 1. The van der Waals surface area contributed by atoms with E-state index < -0.39 is 0 Å². The second-order valence-corrected chi connectivity index (χ2v) is 7.06. The summed E-state index contributed by atoms with van der Waals surface area (Å²) in [5, 5.41) is 7.17. The van der Waals surface area contributed by atoms with Crippen LogP contribution in [0, 0.1) is 0 Å². The van der Waals surface area contributed by atoms with E-state index in [2.05, 4.69) is 60.1 Å². The average Bonchev–Trinajstić information content (AvgIpc) is 3.12. The smallest absolute Gasteiger partial charge is 0.0418 e. The van der Waals surface area contributed by atoms with E-state index in [0.717, 1.165) is 13.0 Å². The highest BCUT2D eigenvalue weighted by Crippen LogP contribution is 2.32. The van der Waals surface area contributed by atoms with Gasteiger partial charge in [-0.05, 0) is 48.4 Å². The molecule has 3 heteroatoms. The van der Waals surface area contributed by atoms with Gasteiger partial charge in [0.2, 0.25) is 0 Å². The van der Waals surface area contributed by atoms with Gasteiger partial charge in [-0.2, -0.15) is 0 Å². The van der Waals surface area contributed by atoms with E-state index in [9.17, 15) is 0 Å². The number of hydrogen-bond donors (Lipinski definition) is 1. The van der Waals surface area contributed by atoms with Gasteiger partial charge in [0.25, 0.3) is 0 Å². The quantitative estimate of drug-likeness (QED) is 0.656. The van der Waals surface area contributed by atoms with E-state index in [1.165, 1.54) is 26.3 Å². The van der Waals surface area contributed by atoms with Gasteiger partial charge in [-0.15, -0.1) is 22.7 Å². The minimum atomic E-state index is 0.472. The van der Waals surface area contributed by atoms with Crippen molar-refractivity contribution >= 4 is 32.8 Å². The first kappa shape index (κ1) is 13.8. The summed E-state index contributed by atoms with van der Waals surface area (Å²) in [7, 11) is 0. The fourth-order valence-electron chi connectivity index (χ4n) is 2.51. The fraction of sp³-hybridized carbons (Fsp3) is 0.294. The number of fused-ring (bicyclic) bond motifs is 1. The van der Waals surface area contributed by atoms with Crippen molar-refractivity contribution in [3.8, 4) is 0 Å². The Kier molecular flexibility index (Phi) is 4.51. The third-order valence-electron chi connectivity index (χ3n) is 3.50. The van der Waals surface area contributed by atoms with Gasteiger partial charge in [0.1, 0.15) is 0 Å². The first-order valence-corrected chi connectivity index (χ1v) is 8.80. The van der Waals surface area contributed by atoms with Crippen LogP contribution in [0.5, 0.6) is 0 Å². The van der Waals surface area contributed by atoms with Crippen LogP contribution in [0.15, 0.2) is 47.8 Å². The monoisotopic (exact) mass is 301 g/mol. The van der Waals surface area contributed by atoms with E-state index in [0.29, 0.717) is 6.04 Å². The van der Waals surface area contributed by atoms with Crippen molar-refractivity contribution < 1.29 is 0 Å². The zero-order valence-corrected chi connectivity index (χ0v) is 13.3. The summed E-state index contributed by atoms with van der Waals surface area (Å²) in [5.74, 6) is 0. The highest BCUT2D eigenvalue weighted by molar-refractivity contribution is 7.19. The maximum Gasteiger partial charge on any atom is 0.0418 e. The normalized spacial score (nSPS) is 12.8. The Morgan fingerprint density at radius 1 is 1.15 bits per heavy atom. The molecule has 0 amide bonds. The average molecular weight is 301 g/mol. The number of benzene rings is 1. The molecular weight excluding hydrogens is 282 g/mol. The molecule has 1 unspecified atom stereocenters. The Morgan fingerprint density at radius 3 is 2.80 bits per heavy atom. The molecule has 3 aromatic rings. The first-order chi connectivity index (χ1) is 9.86. The molecule has 0 spiro atoms. The van der Waals surface area contributed by atoms with Crippen molar-refractivity contribution in [2.45, 2.75) is 25.8 Å². The number of rotatable bonds is 6. The van der Waals surface area contributed by atoms with Crippen molar-refractivity contribution in [3.05, 3.63) is 57.6 Å². The van der Waals surface area contributed by atoms with Crippen LogP contribution in [0.4, 0.5) is 0 Å². The lowest BCUT2D eigenvalue weighted by Crippen LogP contribution is -2.20. The molecule has 2 heterocycles. The molecule has 1 N–H and O–H groups in total. The minimum absolute atomic E-state index is 0.472. The largest absolute Gasteiger partial charge is 0.310 e. The molecule has 0 saturated heterocycles. The van der Waals surface area contributed by atoms with Gasteiger partial charge in [0, 0.05) is 20.5 Å². The van der Waals surface area contributed by atoms with E-state index in [-0.39, 0.29) is 0 Å². The lowest BCUT2D eigenvalue weighted by molar-refractivity contribution is 0.525. The molecule has 1 atom stereocenters. The van der Waals surface area contributed by atoms with Crippen molar-refractivity contribution in [2.24, 2.45) is 0 Å². The molecule has 0 saturated carbocycles. The molecule has 0 aliphatic heterocycles. The molecule has 0 fully saturated rings. The van der Waals surface area contributed by atoms with E-state index in [1.54, 1.807) is 0 Å². The Hall–Kier alpha value is -1.16. The van der Waals surface area contributed by atoms with Gasteiger partial charge in [0.05, 0.1) is 0 Å². The number of thiophene rings is 2. The summed E-state index contributed by atoms with van der Waals surface area (Å²) >= 11 is 3.78. The Balaban J connectivity index is 1.78. The summed E-state index contributed by atoms with van der Waals surface area (Å²) in [6.07, 6.45) is 2.32. The Labute approximate surface area is 128 Å². The lowest BCUT2D eigenvalue weighted by atomic mass is 10.1. The molecule has 20 heavy (non-hydrogen) atoms. The van der Waals surface area contributed by atoms with E-state index in [1.807, 2.05) is 22.7 Å². The van der Waals surface area contributed by atoms with Gasteiger partial charge in [-0.3, -0.25) is 0 Å². The van der Waals surface area contributed by atoms with Crippen LogP contribution in [0.2, 0.25) is 0 Å². The summed E-state index contributed by atoms with van der Waals surface area (Å²) < 4.78 is 1.39. The van der Waals surface area contributed by atoms with E-state index in [4.69, 9.17) is 0 Å². The third-order valence-corrected chi connectivity index (χ3v) is 5.66. The minimum Gasteiger partial charge on any atom is -0.310 e. The van der Waals surface area contributed by atoms with Gasteiger partial charge < -0.3 is 5.32 Å². The Morgan fingerprint density at radius 2 is 2.05 bits per heavy atom. The molecule has 0 aliphatic rings. The van der Waals surface area contributed by atoms with Crippen LogP contribution in [-0.2, 0) is 6.42 Å². The molecule has 1 nitrogen and oxygen atoms in total. The molecule has 0 aliphatic carbocycles. The van der Waals surface area contributed by atoms with Crippen molar-refractivity contribution in [2.75, 3.05) is 6.54 Å². The second kappa shape index (κ2) is 6.53. The summed E-state index contributed by atoms with van der Waals surface area (Å²) in [6.45, 7) is 3.20. The van der Waals surface area contributed by atoms with Crippen LogP contribution >= 0.6 is 22.7 Å². The van der Waals surface area contributed by atoms with Crippen LogP contribution in [0.3, 0.4) is 0 Å². The maximum absolute atomic E-state index is 3.64. The molecule has 104 valence electrons. The zero-order chi connectivity index (χ0) is 13.8. The summed E-state index contributed by atoms with van der Waals surface area (Å²) in [6, 6.07) is 15.9. The standard InChI is InChI=1S/C17H19NS2/c1-2-18-15(10-9-14-7-5-11-19-14)17-12-13-6-3-4-8-16(13)20-17/h3-8,11-12,15,18H,2,9-10H2,1H3. The summed E-state index contributed by atoms with van der Waals surface area (Å²) in [5.41, 5.74) is 0. The van der Waals surface area contributed by atoms with Gasteiger partial charge >= 0.3 is 0 Å². The number of hydrogen-bond acceptors (Lipinski definition) is 3. The van der Waals surface area contributed by atoms with Crippen LogP contribution in [-0.4, -0.2) is 6.54 Å². The lowest BCUT2D eigenvalue weighted by Gasteiger charge is -2.15. The predicted molar refractivity (Wildman–Crippen MR) is 90.9 cm³/mol. The Bertz CT molecular complexity index is 622. The van der Waals surface area contributed by atoms with Crippen LogP contribution in [0.1, 0.15) is 29.1 Å². The van der Waals surface area contributed by atoms with Crippen LogP contribution < -0.4 is 5.32 Å². The molecule has 0 radical (unpaired) electrons. The number of aryl methyl sites for hydroxylation is 1. The topological polar surface area (TPSA) is 12.0 Å². The van der Waals surface area contributed by atoms with Gasteiger partial charge in [0.15, 0.2) is 0 Å². The van der Waals surface area contributed by atoms with Crippen molar-refractivity contribution in [1.82, 2.24) is 5.32 Å². The summed E-state index contributed by atoms with van der Waals surface area (Å²) in [4.78, 5) is 2.94. The highest BCUT2D eigenvalue weighted by atomic mass is 32.1. The fourth-order valence-corrected chi connectivity index (χ4v) is 4.41. The predicted octanol–water partition coefficient (Wildman–Crippen LogP) is 5.25. The molecule has 3 rings (SSSR count). The highest BCUT2D eigenvalue weighted by Gasteiger charge is 2.13. The van der Waals surface area contributed by atoms with Gasteiger partial charge in [-0.25, -0.2) is 0 Å². The second-order valence-electron chi connectivity index (χ2n) is 4.91. The van der Waals surface area contributed by atoms with Crippen molar-refractivity contribution in [3.63, 3.8) is 0 Å². The van der Waals surface area contributed by atoms with E-state index >= 15 is 0 Å². The van der Waals surface area contributed by atoms with Gasteiger partial charge in [-0.1, -0.05) is 31.2 Å². The molecule has 0 bridgehead atoms. The maximum atomic E-state index is 3.64. The molecule has 2 aromatic heterocycles. The van der Waals surface area contributed by atoms with Crippen LogP contribution in [0.25, 0.3) is 10.1 Å². The van der Waals surface area contributed by atoms with Crippen molar-refractivity contribution in [1.29, 1.82) is 0 Å². The first-order valence-electron chi connectivity index (χ1n) is 7.11. The third kappa shape index (κ3) is 3.11. The zero-order valence-electron chi connectivity index (χ0n) is 11.6. The molecular formula is C17H19NS2. The molecule has 1 aromatic carbocycles.